The number of alkyl carbamates (subject to hydrolysis) is 1. The molecule has 0 unspecified atom stereocenters. The van der Waals surface area contributed by atoms with Gasteiger partial charge in [0.25, 0.3) is 5.91 Å². The summed E-state index contributed by atoms with van der Waals surface area (Å²) in [6.07, 6.45) is -2.71. The number of amides is 2. The van der Waals surface area contributed by atoms with Gasteiger partial charge in [-0.15, -0.1) is 0 Å². The first-order valence-electron chi connectivity index (χ1n) is 13.1. The highest BCUT2D eigenvalue weighted by Gasteiger charge is 2.46. The largest absolute Gasteiger partial charge is 0.458 e. The number of carbonyl (C=O) groups excluding carboxylic acids is 4. The van der Waals surface area contributed by atoms with Gasteiger partial charge in [-0.2, -0.15) is 8.78 Å². The molecule has 224 valence electrons. The van der Waals surface area contributed by atoms with Crippen molar-refractivity contribution in [2.24, 2.45) is 0 Å². The van der Waals surface area contributed by atoms with Crippen LogP contribution >= 0.6 is 0 Å². The van der Waals surface area contributed by atoms with E-state index in [1.165, 1.54) is 20.8 Å². The molecule has 2 amide bonds. The molecule has 0 saturated carbocycles. The quantitative estimate of drug-likeness (QED) is 0.294. The Morgan fingerprint density at radius 1 is 0.707 bits per heavy atom. The average Bonchev–Trinajstić information content (AvgIpc) is 2.85. The van der Waals surface area contributed by atoms with Crippen molar-refractivity contribution >= 4 is 23.9 Å². The van der Waals surface area contributed by atoms with Crippen molar-refractivity contribution in [2.75, 3.05) is 0 Å². The fourth-order valence-electron chi connectivity index (χ4n) is 3.50. The van der Waals surface area contributed by atoms with E-state index in [0.29, 0.717) is 11.1 Å². The average molecular weight is 577 g/mol. The van der Waals surface area contributed by atoms with E-state index >= 15 is 8.78 Å². The van der Waals surface area contributed by atoms with Crippen molar-refractivity contribution in [1.29, 1.82) is 0 Å². The zero-order valence-electron chi connectivity index (χ0n) is 24.2. The number of halogens is 2. The van der Waals surface area contributed by atoms with Gasteiger partial charge in [0.05, 0.1) is 6.42 Å². The Bertz CT molecular complexity index is 1180. The molecular formula is C30H38F2N2O7. The van der Waals surface area contributed by atoms with Crippen LogP contribution in [-0.2, 0) is 41.6 Å². The van der Waals surface area contributed by atoms with Gasteiger partial charge in [0.2, 0.25) is 0 Å². The molecule has 0 radical (unpaired) electrons. The number of carbonyl (C=O) groups is 4. The van der Waals surface area contributed by atoms with Crippen molar-refractivity contribution in [3.8, 4) is 0 Å². The van der Waals surface area contributed by atoms with Gasteiger partial charge in [-0.05, 0) is 52.7 Å². The first kappa shape index (κ1) is 33.2. The minimum absolute atomic E-state index is 0.114. The maximum Gasteiger partial charge on any atom is 0.408 e. The number of benzene rings is 2. The number of hydrogen-bond acceptors (Lipinski definition) is 7. The Morgan fingerprint density at radius 2 is 1.17 bits per heavy atom. The van der Waals surface area contributed by atoms with Crippen molar-refractivity contribution in [3.05, 3.63) is 71.8 Å². The molecule has 2 atom stereocenters. The molecule has 2 aromatic rings. The number of rotatable bonds is 11. The van der Waals surface area contributed by atoms with Gasteiger partial charge in [0, 0.05) is 6.42 Å². The predicted octanol–water partition coefficient (Wildman–Crippen LogP) is 4.72. The van der Waals surface area contributed by atoms with Gasteiger partial charge in [-0.3, -0.25) is 4.79 Å². The van der Waals surface area contributed by atoms with Gasteiger partial charge >= 0.3 is 24.0 Å². The Balaban J connectivity index is 2.20. The molecule has 2 aromatic carbocycles. The van der Waals surface area contributed by atoms with E-state index in [1.807, 2.05) is 0 Å². The summed E-state index contributed by atoms with van der Waals surface area (Å²) in [4.78, 5) is 50.8. The lowest BCUT2D eigenvalue weighted by molar-refractivity contribution is -0.165. The van der Waals surface area contributed by atoms with E-state index in [0.717, 1.165) is 0 Å². The summed E-state index contributed by atoms with van der Waals surface area (Å²) < 4.78 is 46.2. The Morgan fingerprint density at radius 3 is 1.66 bits per heavy atom. The molecule has 0 spiro atoms. The lowest BCUT2D eigenvalue weighted by atomic mass is 10.0. The molecular weight excluding hydrogens is 538 g/mol. The second-order valence-electron chi connectivity index (χ2n) is 11.4. The van der Waals surface area contributed by atoms with Crippen LogP contribution in [0, 0.1) is 0 Å². The van der Waals surface area contributed by atoms with Gasteiger partial charge < -0.3 is 24.8 Å². The van der Waals surface area contributed by atoms with Crippen LogP contribution in [0.25, 0.3) is 0 Å². The van der Waals surface area contributed by atoms with E-state index in [-0.39, 0.29) is 13.0 Å². The van der Waals surface area contributed by atoms with E-state index in [9.17, 15) is 19.2 Å². The fraction of sp³-hybridized carbons (Fsp3) is 0.467. The third-order valence-electron chi connectivity index (χ3n) is 5.27. The highest BCUT2D eigenvalue weighted by Crippen LogP contribution is 2.24. The van der Waals surface area contributed by atoms with E-state index in [2.05, 4.69) is 10.6 Å². The van der Waals surface area contributed by atoms with Crippen LogP contribution in [0.5, 0.6) is 0 Å². The normalized spacial score (nSPS) is 13.4. The highest BCUT2D eigenvalue weighted by molar-refractivity contribution is 5.90. The molecule has 0 fully saturated rings. The zero-order chi connectivity index (χ0) is 30.8. The van der Waals surface area contributed by atoms with Crippen molar-refractivity contribution in [3.63, 3.8) is 0 Å². The fourth-order valence-corrected chi connectivity index (χ4v) is 3.50. The Labute approximate surface area is 238 Å². The van der Waals surface area contributed by atoms with Crippen LogP contribution in [0.4, 0.5) is 13.6 Å². The van der Waals surface area contributed by atoms with E-state index in [4.69, 9.17) is 14.2 Å². The van der Waals surface area contributed by atoms with Gasteiger partial charge in [-0.25, -0.2) is 14.4 Å². The number of hydrogen-bond donors (Lipinski definition) is 2. The molecule has 0 aliphatic carbocycles. The van der Waals surface area contributed by atoms with Gasteiger partial charge in [-0.1, -0.05) is 60.7 Å². The molecule has 9 nitrogen and oxygen atoms in total. The predicted molar refractivity (Wildman–Crippen MR) is 147 cm³/mol. The van der Waals surface area contributed by atoms with E-state index < -0.39 is 59.6 Å². The minimum atomic E-state index is -4.20. The summed E-state index contributed by atoms with van der Waals surface area (Å²) in [5.74, 6) is -8.12. The lowest BCUT2D eigenvalue weighted by Gasteiger charge is -2.28. The molecule has 0 aliphatic heterocycles. The summed E-state index contributed by atoms with van der Waals surface area (Å²) in [7, 11) is 0. The van der Waals surface area contributed by atoms with Crippen LogP contribution in [0.2, 0.25) is 0 Å². The second-order valence-corrected chi connectivity index (χ2v) is 11.4. The first-order valence-corrected chi connectivity index (χ1v) is 13.1. The van der Waals surface area contributed by atoms with Crippen LogP contribution in [0.1, 0.15) is 59.1 Å². The molecule has 41 heavy (non-hydrogen) atoms. The lowest BCUT2D eigenvalue weighted by Crippen LogP contribution is -2.54. The third-order valence-corrected chi connectivity index (χ3v) is 5.27. The minimum Gasteiger partial charge on any atom is -0.458 e. The number of nitrogens with one attached hydrogen (secondary N) is 2. The summed E-state index contributed by atoms with van der Waals surface area (Å²) >= 11 is 0. The SMILES string of the molecule is CC(C)(C)OC(=O)[C@H](CC(F)(F)C(=O)N[C@@H](Cc1ccccc1)C(=O)OC(C)(C)C)NC(=O)OCc1ccccc1. The molecule has 2 N–H and O–H groups in total. The smallest absolute Gasteiger partial charge is 0.408 e. The summed E-state index contributed by atoms with van der Waals surface area (Å²) in [6.45, 7) is 9.21. The standard InChI is InChI=1S/C30H38F2N2O7/c1-28(2,3)40-24(35)22(17-20-13-9-7-10-14-20)33-26(37)30(31,32)18-23(25(36)41-29(4,5)6)34-27(38)39-19-21-15-11-8-12-16-21/h7-16,22-23H,17-19H2,1-6H3,(H,33,37)(H,34,38)/t22-,23-/m0/s1. The molecule has 0 heterocycles. The summed E-state index contributed by atoms with van der Waals surface area (Å²) in [6, 6.07) is 13.7. The topological polar surface area (TPSA) is 120 Å². The second kappa shape index (κ2) is 14.0. The first-order chi connectivity index (χ1) is 18.9. The molecule has 2 rings (SSSR count). The molecule has 0 aliphatic rings. The van der Waals surface area contributed by atoms with E-state index in [1.54, 1.807) is 81.4 Å². The molecule has 0 saturated heterocycles. The molecule has 11 heteroatoms. The summed E-state index contributed by atoms with van der Waals surface area (Å²) in [5, 5.41) is 4.14. The summed E-state index contributed by atoms with van der Waals surface area (Å²) in [5.41, 5.74) is -0.778. The number of esters is 2. The number of ether oxygens (including phenoxy) is 3. The van der Waals surface area contributed by atoms with Crippen LogP contribution in [0.15, 0.2) is 60.7 Å². The Hall–Kier alpha value is -4.02. The van der Waals surface area contributed by atoms with Crippen LogP contribution in [0.3, 0.4) is 0 Å². The van der Waals surface area contributed by atoms with Crippen LogP contribution in [-0.4, -0.2) is 53.1 Å². The van der Waals surface area contributed by atoms with Gasteiger partial charge in [0.15, 0.2) is 0 Å². The Kier molecular flexibility index (Phi) is 11.4. The zero-order valence-corrected chi connectivity index (χ0v) is 24.2. The molecule has 0 aromatic heterocycles. The van der Waals surface area contributed by atoms with Gasteiger partial charge in [0.1, 0.15) is 29.9 Å². The highest BCUT2D eigenvalue weighted by atomic mass is 19.3. The van der Waals surface area contributed by atoms with Crippen molar-refractivity contribution in [1.82, 2.24) is 10.6 Å². The number of alkyl halides is 2. The maximum absolute atomic E-state index is 15.3. The third kappa shape index (κ3) is 12.4. The maximum atomic E-state index is 15.3. The monoisotopic (exact) mass is 576 g/mol. The van der Waals surface area contributed by atoms with Crippen LogP contribution < -0.4 is 10.6 Å². The molecule has 0 bridgehead atoms. The van der Waals surface area contributed by atoms with Crippen molar-refractivity contribution < 1.29 is 42.2 Å². The van der Waals surface area contributed by atoms with Crippen molar-refractivity contribution in [2.45, 2.75) is 90.2 Å².